The van der Waals surface area contributed by atoms with Gasteiger partial charge in [-0.15, -0.1) is 0 Å². The summed E-state index contributed by atoms with van der Waals surface area (Å²) < 4.78 is 46.6. The number of methoxy groups -OCH3 is 1. The van der Waals surface area contributed by atoms with Crippen molar-refractivity contribution in [2.75, 3.05) is 32.1 Å². The number of carbonyl (C=O) groups excluding carboxylic acids is 1. The van der Waals surface area contributed by atoms with Gasteiger partial charge >= 0.3 is 6.18 Å². The minimum absolute atomic E-state index is 0.0189. The number of anilines is 1. The number of alkyl halides is 3. The Balaban J connectivity index is 1.62. The molecule has 2 aromatic rings. The number of carbonyl (C=O) groups is 1. The van der Waals surface area contributed by atoms with Gasteiger partial charge in [0.25, 0.3) is 0 Å². The van der Waals surface area contributed by atoms with Gasteiger partial charge in [0.2, 0.25) is 5.91 Å². The van der Waals surface area contributed by atoms with Gasteiger partial charge in [0, 0.05) is 17.7 Å². The first-order valence-electron chi connectivity index (χ1n) is 11.3. The molecular weight excluding hydrogens is 417 g/mol. The maximum atomic E-state index is 13.8. The lowest BCUT2D eigenvalue weighted by atomic mass is 9.97. The highest BCUT2D eigenvalue weighted by molar-refractivity contribution is 5.91. The number of nitrogens with one attached hydrogen (secondary N) is 1. The third-order valence-corrected chi connectivity index (χ3v) is 5.83. The monoisotopic (exact) mass is 448 g/mol. The molecule has 1 saturated heterocycles. The van der Waals surface area contributed by atoms with Crippen LogP contribution in [0, 0.1) is 0 Å². The number of unbranched alkanes of at least 4 members (excludes halogenated alkanes) is 1. The number of likely N-dealkylation sites (tertiary alicyclic amines) is 1. The molecule has 32 heavy (non-hydrogen) atoms. The molecule has 0 atom stereocenters. The van der Waals surface area contributed by atoms with Crippen LogP contribution in [-0.4, -0.2) is 37.6 Å². The zero-order valence-electron chi connectivity index (χ0n) is 18.5. The molecule has 7 heteroatoms. The number of para-hydroxylation sites is 1. The Hall–Kier alpha value is -2.54. The van der Waals surface area contributed by atoms with E-state index < -0.39 is 11.7 Å². The Bertz CT molecular complexity index is 891. The standard InChI is InChI=1S/C25H31F3N2O2/c1-32-23-11-5-4-10-21(23)20-14-13-19(18-22(20)25(26,27)28)29-24(31)12-6-9-17-30-15-7-2-3-8-16-30/h4-5,10-11,13-14,18H,2-3,6-9,12,15-17H2,1H3,(H,29,31). The van der Waals surface area contributed by atoms with Gasteiger partial charge in [0.05, 0.1) is 12.7 Å². The molecule has 0 unspecified atom stereocenters. The number of hydrogen-bond acceptors (Lipinski definition) is 3. The van der Waals surface area contributed by atoms with Crippen molar-refractivity contribution in [3.05, 3.63) is 48.0 Å². The molecule has 174 valence electrons. The SMILES string of the molecule is COc1ccccc1-c1ccc(NC(=O)CCCCN2CCCCCC2)cc1C(F)(F)F. The molecule has 0 aliphatic carbocycles. The van der Waals surface area contributed by atoms with Gasteiger partial charge < -0.3 is 15.0 Å². The minimum Gasteiger partial charge on any atom is -0.496 e. The Labute approximate surface area is 187 Å². The topological polar surface area (TPSA) is 41.6 Å². The Morgan fingerprint density at radius 3 is 2.41 bits per heavy atom. The lowest BCUT2D eigenvalue weighted by Gasteiger charge is -2.19. The number of nitrogens with zero attached hydrogens (tertiary/aromatic N) is 1. The fourth-order valence-corrected chi connectivity index (χ4v) is 4.16. The van der Waals surface area contributed by atoms with Crippen LogP contribution in [0.4, 0.5) is 18.9 Å². The molecule has 3 rings (SSSR count). The summed E-state index contributed by atoms with van der Waals surface area (Å²) in [6.45, 7) is 3.20. The molecule has 0 spiro atoms. The Morgan fingerprint density at radius 2 is 1.72 bits per heavy atom. The van der Waals surface area contributed by atoms with E-state index in [1.807, 2.05) is 0 Å². The van der Waals surface area contributed by atoms with Crippen LogP contribution < -0.4 is 10.1 Å². The van der Waals surface area contributed by atoms with Crippen LogP contribution in [0.5, 0.6) is 5.75 Å². The molecule has 1 N–H and O–H groups in total. The minimum atomic E-state index is -4.57. The van der Waals surface area contributed by atoms with E-state index in [9.17, 15) is 18.0 Å². The zero-order valence-corrected chi connectivity index (χ0v) is 18.5. The number of ether oxygens (including phenoxy) is 1. The van der Waals surface area contributed by atoms with Crippen molar-refractivity contribution in [2.45, 2.75) is 51.1 Å². The summed E-state index contributed by atoms with van der Waals surface area (Å²) in [6, 6.07) is 10.5. The number of rotatable bonds is 8. The molecule has 1 amide bonds. The van der Waals surface area contributed by atoms with Crippen molar-refractivity contribution in [3.8, 4) is 16.9 Å². The van der Waals surface area contributed by atoms with E-state index in [1.165, 1.54) is 44.9 Å². The number of hydrogen-bond donors (Lipinski definition) is 1. The van der Waals surface area contributed by atoms with Crippen molar-refractivity contribution in [1.29, 1.82) is 0 Å². The molecule has 4 nitrogen and oxygen atoms in total. The third-order valence-electron chi connectivity index (χ3n) is 5.83. The van der Waals surface area contributed by atoms with Crippen LogP contribution in [0.3, 0.4) is 0 Å². The third kappa shape index (κ3) is 6.73. The molecule has 0 saturated carbocycles. The molecule has 0 aromatic heterocycles. The highest BCUT2D eigenvalue weighted by Crippen LogP contribution is 2.41. The van der Waals surface area contributed by atoms with Crippen LogP contribution in [-0.2, 0) is 11.0 Å². The number of benzene rings is 2. The van der Waals surface area contributed by atoms with Gasteiger partial charge in [-0.25, -0.2) is 0 Å². The number of amides is 1. The van der Waals surface area contributed by atoms with Crippen molar-refractivity contribution in [2.24, 2.45) is 0 Å². The van der Waals surface area contributed by atoms with Gasteiger partial charge in [-0.2, -0.15) is 13.2 Å². The summed E-state index contributed by atoms with van der Waals surface area (Å²) in [4.78, 5) is 14.8. The van der Waals surface area contributed by atoms with Crippen molar-refractivity contribution >= 4 is 11.6 Å². The van der Waals surface area contributed by atoms with Gasteiger partial charge in [-0.05, 0) is 69.1 Å². The summed E-state index contributed by atoms with van der Waals surface area (Å²) in [6.07, 6.45) is 2.39. The maximum Gasteiger partial charge on any atom is 0.417 e. The predicted octanol–water partition coefficient (Wildman–Crippen LogP) is 6.37. The second-order valence-electron chi connectivity index (χ2n) is 8.22. The normalized spacial score (nSPS) is 15.2. The first kappa shape index (κ1) is 24.1. The largest absolute Gasteiger partial charge is 0.496 e. The lowest BCUT2D eigenvalue weighted by Crippen LogP contribution is -2.25. The van der Waals surface area contributed by atoms with Crippen molar-refractivity contribution < 1.29 is 22.7 Å². The fourth-order valence-electron chi connectivity index (χ4n) is 4.16. The maximum absolute atomic E-state index is 13.8. The van der Waals surface area contributed by atoms with Crippen LogP contribution in [0.25, 0.3) is 11.1 Å². The quantitative estimate of drug-likeness (QED) is 0.478. The summed E-state index contributed by atoms with van der Waals surface area (Å²) >= 11 is 0. The molecule has 1 aliphatic heterocycles. The van der Waals surface area contributed by atoms with Crippen molar-refractivity contribution in [1.82, 2.24) is 4.90 Å². The van der Waals surface area contributed by atoms with E-state index in [0.29, 0.717) is 24.2 Å². The Kier molecular flexibility index (Phi) is 8.56. The summed E-state index contributed by atoms with van der Waals surface area (Å²) in [5, 5.41) is 2.63. The first-order valence-corrected chi connectivity index (χ1v) is 11.3. The van der Waals surface area contributed by atoms with Crippen LogP contribution in [0.1, 0.15) is 50.5 Å². The Morgan fingerprint density at radius 1 is 1.00 bits per heavy atom. The molecular formula is C25H31F3N2O2. The van der Waals surface area contributed by atoms with E-state index in [0.717, 1.165) is 32.1 Å². The molecule has 1 heterocycles. The highest BCUT2D eigenvalue weighted by atomic mass is 19.4. The molecule has 1 fully saturated rings. The highest BCUT2D eigenvalue weighted by Gasteiger charge is 2.34. The summed E-state index contributed by atoms with van der Waals surface area (Å²) in [5.41, 5.74) is -0.284. The van der Waals surface area contributed by atoms with Gasteiger partial charge in [0.1, 0.15) is 5.75 Å². The average molecular weight is 449 g/mol. The summed E-state index contributed by atoms with van der Waals surface area (Å²) in [7, 11) is 1.42. The molecule has 0 radical (unpaired) electrons. The smallest absolute Gasteiger partial charge is 0.417 e. The number of halogens is 3. The molecule has 2 aromatic carbocycles. The van der Waals surface area contributed by atoms with E-state index in [4.69, 9.17) is 4.74 Å². The average Bonchev–Trinajstić information content (AvgIpc) is 3.05. The molecule has 0 bridgehead atoms. The first-order chi connectivity index (χ1) is 15.4. The second kappa shape index (κ2) is 11.4. The zero-order chi connectivity index (χ0) is 23.0. The van der Waals surface area contributed by atoms with Crippen molar-refractivity contribution in [3.63, 3.8) is 0 Å². The summed E-state index contributed by atoms with van der Waals surface area (Å²) in [5.74, 6) is 0.0956. The van der Waals surface area contributed by atoms with Gasteiger partial charge in [-0.3, -0.25) is 4.79 Å². The van der Waals surface area contributed by atoms with E-state index in [2.05, 4.69) is 10.2 Å². The van der Waals surface area contributed by atoms with Crippen LogP contribution >= 0.6 is 0 Å². The van der Waals surface area contributed by atoms with Crippen LogP contribution in [0.2, 0.25) is 0 Å². The van der Waals surface area contributed by atoms with Gasteiger partial charge in [0.15, 0.2) is 0 Å². The van der Waals surface area contributed by atoms with E-state index in [-0.39, 0.29) is 17.2 Å². The van der Waals surface area contributed by atoms with E-state index in [1.54, 1.807) is 24.3 Å². The van der Waals surface area contributed by atoms with Gasteiger partial charge in [-0.1, -0.05) is 37.1 Å². The van der Waals surface area contributed by atoms with Crippen LogP contribution in [0.15, 0.2) is 42.5 Å². The van der Waals surface area contributed by atoms with E-state index >= 15 is 0 Å². The second-order valence-corrected chi connectivity index (χ2v) is 8.22. The molecule has 1 aliphatic rings. The fraction of sp³-hybridized carbons (Fsp3) is 0.480. The lowest BCUT2D eigenvalue weighted by molar-refractivity contribution is -0.137. The predicted molar refractivity (Wildman–Crippen MR) is 121 cm³/mol.